The maximum absolute atomic E-state index is 12.9. The first-order chi connectivity index (χ1) is 5.82. The van der Waals surface area contributed by atoms with Crippen molar-refractivity contribution in [2.45, 2.75) is 11.8 Å². The van der Waals surface area contributed by atoms with E-state index in [9.17, 15) is 17.2 Å². The molecule has 0 atom stereocenters. The number of halogens is 2. The van der Waals surface area contributed by atoms with Crippen molar-refractivity contribution >= 4 is 10.0 Å². The van der Waals surface area contributed by atoms with Crippen LogP contribution in [-0.2, 0) is 10.0 Å². The molecule has 0 aliphatic carbocycles. The normalized spacial score (nSPS) is 11.7. The van der Waals surface area contributed by atoms with Crippen molar-refractivity contribution in [3.63, 3.8) is 0 Å². The minimum absolute atomic E-state index is 0.294. The highest BCUT2D eigenvalue weighted by Crippen LogP contribution is 2.18. The first-order valence-electron chi connectivity index (χ1n) is 3.31. The van der Waals surface area contributed by atoms with Crippen LogP contribution >= 0.6 is 0 Å². The molecule has 0 saturated heterocycles. The highest BCUT2D eigenvalue weighted by Gasteiger charge is 2.20. The van der Waals surface area contributed by atoms with Crippen LogP contribution in [-0.4, -0.2) is 8.42 Å². The van der Waals surface area contributed by atoms with Gasteiger partial charge in [-0.1, -0.05) is 0 Å². The highest BCUT2D eigenvalue weighted by atomic mass is 32.2. The van der Waals surface area contributed by atoms with Crippen LogP contribution in [0.1, 0.15) is 5.56 Å². The summed E-state index contributed by atoms with van der Waals surface area (Å²) in [7, 11) is -4.33. The van der Waals surface area contributed by atoms with Gasteiger partial charge in [0.1, 0.15) is 11.6 Å². The van der Waals surface area contributed by atoms with Crippen molar-refractivity contribution in [1.29, 1.82) is 0 Å². The first-order valence-corrected chi connectivity index (χ1v) is 4.85. The molecule has 3 nitrogen and oxygen atoms in total. The number of rotatable bonds is 1. The van der Waals surface area contributed by atoms with Gasteiger partial charge in [-0.15, -0.1) is 0 Å². The van der Waals surface area contributed by atoms with E-state index in [1.54, 1.807) is 0 Å². The summed E-state index contributed by atoms with van der Waals surface area (Å²) in [6, 6.07) is 1.81. The lowest BCUT2D eigenvalue weighted by molar-refractivity contribution is 0.518. The van der Waals surface area contributed by atoms with E-state index >= 15 is 0 Å². The molecule has 0 aliphatic heterocycles. The molecule has 0 bridgehead atoms. The van der Waals surface area contributed by atoms with Crippen LogP contribution < -0.4 is 5.14 Å². The topological polar surface area (TPSA) is 60.2 Å². The largest absolute Gasteiger partial charge is 0.243 e. The third-order valence-electron chi connectivity index (χ3n) is 1.43. The molecular weight excluding hydrogens is 200 g/mol. The number of nitrogens with two attached hydrogens (primary N) is 1. The van der Waals surface area contributed by atoms with E-state index < -0.39 is 26.6 Å². The van der Waals surface area contributed by atoms with Crippen LogP contribution in [0.4, 0.5) is 8.78 Å². The van der Waals surface area contributed by atoms with Gasteiger partial charge < -0.3 is 0 Å². The van der Waals surface area contributed by atoms with E-state index in [2.05, 4.69) is 5.14 Å². The van der Waals surface area contributed by atoms with Gasteiger partial charge in [0.25, 0.3) is 0 Å². The smallest absolute Gasteiger partial charge is 0.224 e. The molecule has 2 N–H and O–H groups in total. The van der Waals surface area contributed by atoms with E-state index in [1.807, 2.05) is 0 Å². The molecular formula is C7H7F2NO2S. The van der Waals surface area contributed by atoms with Crippen LogP contribution in [0.15, 0.2) is 17.0 Å². The Labute approximate surface area is 74.2 Å². The summed E-state index contributed by atoms with van der Waals surface area (Å²) in [4.78, 5) is -1.09. The molecule has 6 heteroatoms. The third kappa shape index (κ3) is 2.02. The van der Waals surface area contributed by atoms with Crippen LogP contribution in [0.5, 0.6) is 0 Å². The molecule has 13 heavy (non-hydrogen) atoms. The summed E-state index contributed by atoms with van der Waals surface area (Å²) < 4.78 is 47.2. The molecule has 1 rings (SSSR count). The molecule has 0 fully saturated rings. The van der Waals surface area contributed by atoms with Crippen LogP contribution in [0.2, 0.25) is 0 Å². The van der Waals surface area contributed by atoms with Crippen LogP contribution in [0.25, 0.3) is 0 Å². The molecule has 0 radical (unpaired) electrons. The lowest BCUT2D eigenvalue weighted by Gasteiger charge is -2.02. The number of hydrogen-bond donors (Lipinski definition) is 1. The summed E-state index contributed by atoms with van der Waals surface area (Å²) in [6.07, 6.45) is 0. The number of benzene rings is 1. The Morgan fingerprint density at radius 3 is 1.92 bits per heavy atom. The Hall–Kier alpha value is -1.01. The zero-order valence-corrected chi connectivity index (χ0v) is 7.53. The Bertz CT molecular complexity index is 419. The molecule has 1 aromatic carbocycles. The van der Waals surface area contributed by atoms with Gasteiger partial charge in [-0.25, -0.2) is 22.3 Å². The summed E-state index contributed by atoms with van der Waals surface area (Å²) in [5.41, 5.74) is 0.294. The molecule has 0 spiro atoms. The monoisotopic (exact) mass is 207 g/mol. The quantitative estimate of drug-likeness (QED) is 0.744. The predicted molar refractivity (Wildman–Crippen MR) is 42.5 cm³/mol. The Balaban J connectivity index is 3.57. The fraction of sp³-hybridized carbons (Fsp3) is 0.143. The van der Waals surface area contributed by atoms with Gasteiger partial charge in [-0.3, -0.25) is 0 Å². The van der Waals surface area contributed by atoms with Crippen molar-refractivity contribution in [2.24, 2.45) is 5.14 Å². The van der Waals surface area contributed by atoms with Crippen molar-refractivity contribution in [3.05, 3.63) is 29.3 Å². The SMILES string of the molecule is Cc1cc(F)c(S(N)(=O)=O)c(F)c1. The van der Waals surface area contributed by atoms with Gasteiger partial charge in [-0.2, -0.15) is 0 Å². The standard InChI is InChI=1S/C7H7F2NO2S/c1-4-2-5(8)7(6(9)3-4)13(10,11)12/h2-3H,1H3,(H2,10,11,12). The molecule has 0 heterocycles. The lowest BCUT2D eigenvalue weighted by atomic mass is 10.2. The molecule has 0 aromatic heterocycles. The van der Waals surface area contributed by atoms with Crippen molar-refractivity contribution in [3.8, 4) is 0 Å². The van der Waals surface area contributed by atoms with E-state index in [4.69, 9.17) is 0 Å². The van der Waals surface area contributed by atoms with Gasteiger partial charge in [0.15, 0.2) is 4.90 Å². The van der Waals surface area contributed by atoms with Crippen molar-refractivity contribution in [1.82, 2.24) is 0 Å². The Morgan fingerprint density at radius 1 is 1.23 bits per heavy atom. The summed E-state index contributed by atoms with van der Waals surface area (Å²) in [5.74, 6) is -2.33. The van der Waals surface area contributed by atoms with Crippen LogP contribution in [0, 0.1) is 18.6 Å². The second kappa shape index (κ2) is 3.04. The Kier molecular flexibility index (Phi) is 2.36. The number of hydrogen-bond acceptors (Lipinski definition) is 2. The molecule has 72 valence electrons. The molecule has 1 aromatic rings. The van der Waals surface area contributed by atoms with E-state index in [1.165, 1.54) is 6.92 Å². The molecule has 0 aliphatic rings. The minimum Gasteiger partial charge on any atom is -0.224 e. The van der Waals surface area contributed by atoms with Crippen molar-refractivity contribution < 1.29 is 17.2 Å². The molecule has 0 saturated carbocycles. The van der Waals surface area contributed by atoms with Gasteiger partial charge in [0, 0.05) is 0 Å². The number of aryl methyl sites for hydroxylation is 1. The van der Waals surface area contributed by atoms with Gasteiger partial charge in [0.2, 0.25) is 10.0 Å². The number of primary sulfonamides is 1. The fourth-order valence-corrected chi connectivity index (χ4v) is 1.62. The first kappa shape index (κ1) is 10.1. The van der Waals surface area contributed by atoms with E-state index in [0.29, 0.717) is 5.56 Å². The zero-order chi connectivity index (χ0) is 10.2. The second-order valence-corrected chi connectivity index (χ2v) is 4.10. The van der Waals surface area contributed by atoms with E-state index in [-0.39, 0.29) is 0 Å². The van der Waals surface area contributed by atoms with Gasteiger partial charge in [0.05, 0.1) is 0 Å². The number of sulfonamides is 1. The maximum Gasteiger partial charge on any atom is 0.243 e. The fourth-order valence-electron chi connectivity index (χ4n) is 0.958. The van der Waals surface area contributed by atoms with Crippen molar-refractivity contribution in [2.75, 3.05) is 0 Å². The molecule has 0 amide bonds. The van der Waals surface area contributed by atoms with Gasteiger partial charge >= 0.3 is 0 Å². The van der Waals surface area contributed by atoms with E-state index in [0.717, 1.165) is 12.1 Å². The zero-order valence-electron chi connectivity index (χ0n) is 6.71. The van der Waals surface area contributed by atoms with Gasteiger partial charge in [-0.05, 0) is 24.6 Å². The van der Waals surface area contributed by atoms with Crippen LogP contribution in [0.3, 0.4) is 0 Å². The Morgan fingerprint density at radius 2 is 1.62 bits per heavy atom. The minimum atomic E-state index is -4.33. The summed E-state index contributed by atoms with van der Waals surface area (Å²) in [5, 5.41) is 4.60. The third-order valence-corrected chi connectivity index (χ3v) is 2.39. The predicted octanol–water partition coefficient (Wildman–Crippen LogP) is 0.921. The average Bonchev–Trinajstić information content (AvgIpc) is 1.78. The summed E-state index contributed by atoms with van der Waals surface area (Å²) in [6.45, 7) is 1.44. The lowest BCUT2D eigenvalue weighted by Crippen LogP contribution is -2.16. The second-order valence-electron chi connectivity index (χ2n) is 2.60. The average molecular weight is 207 g/mol. The maximum atomic E-state index is 12.9. The highest BCUT2D eigenvalue weighted by molar-refractivity contribution is 7.89. The molecule has 0 unspecified atom stereocenters. The summed E-state index contributed by atoms with van der Waals surface area (Å²) >= 11 is 0.